The molecule has 6 nitrogen and oxygen atoms in total. The summed E-state index contributed by atoms with van der Waals surface area (Å²) in [5.74, 6) is -1.01. The minimum atomic E-state index is -1.87. The minimum Gasteiger partial charge on any atom is -0.490 e. The van der Waals surface area contributed by atoms with Crippen LogP contribution in [-0.2, 0) is 16.0 Å². The van der Waals surface area contributed by atoms with Crippen LogP contribution < -0.4 is 15.4 Å². The number of carboxylic acid groups (broad SMARTS) is 1. The maximum Gasteiger partial charge on any atom is 0.307 e. The average molecular weight is 539 g/mol. The SMILES string of the molecule is O=C(O)Cc1ccc(O[C@@H]2CC[C@@H](NC(=O)[C@@]3(F)CNC4(CCC4)C3)C2)c(-c2cccc(F)c2C2CCC2)c1. The summed E-state index contributed by atoms with van der Waals surface area (Å²) in [5.41, 5.74) is 0.636. The van der Waals surface area contributed by atoms with Gasteiger partial charge in [0.05, 0.1) is 6.42 Å². The number of nitrogens with one attached hydrogen (secondary N) is 2. The van der Waals surface area contributed by atoms with Crippen molar-refractivity contribution in [1.82, 2.24) is 10.6 Å². The highest BCUT2D eigenvalue weighted by Crippen LogP contribution is 2.46. The van der Waals surface area contributed by atoms with Crippen LogP contribution in [0.15, 0.2) is 36.4 Å². The molecule has 0 bridgehead atoms. The maximum absolute atomic E-state index is 15.5. The number of halogens is 2. The molecule has 3 atom stereocenters. The molecule has 6 rings (SSSR count). The number of carbonyl (C=O) groups excluding carboxylic acids is 1. The molecule has 1 saturated heterocycles. The third-order valence-electron chi connectivity index (χ3n) is 9.35. The molecule has 208 valence electrons. The zero-order valence-electron chi connectivity index (χ0n) is 22.1. The fraction of sp³-hybridized carbons (Fsp3) is 0.548. The van der Waals surface area contributed by atoms with E-state index in [1.54, 1.807) is 24.3 Å². The second-order valence-corrected chi connectivity index (χ2v) is 12.1. The van der Waals surface area contributed by atoms with Gasteiger partial charge in [0, 0.05) is 36.5 Å². The van der Waals surface area contributed by atoms with E-state index in [-0.39, 0.29) is 48.8 Å². The van der Waals surface area contributed by atoms with E-state index in [1.807, 2.05) is 6.07 Å². The van der Waals surface area contributed by atoms with Gasteiger partial charge in [0.2, 0.25) is 5.67 Å². The Balaban J connectivity index is 1.19. The summed E-state index contributed by atoms with van der Waals surface area (Å²) in [6, 6.07) is 10.2. The van der Waals surface area contributed by atoms with E-state index in [9.17, 15) is 14.7 Å². The highest BCUT2D eigenvalue weighted by atomic mass is 19.1. The molecule has 0 radical (unpaired) electrons. The molecule has 3 aliphatic carbocycles. The number of ether oxygens (including phenoxy) is 1. The number of aliphatic carboxylic acids is 1. The topological polar surface area (TPSA) is 87.7 Å². The first-order valence-electron chi connectivity index (χ1n) is 14.3. The summed E-state index contributed by atoms with van der Waals surface area (Å²) in [6.45, 7) is 0.0640. The highest BCUT2D eigenvalue weighted by Gasteiger charge is 2.55. The van der Waals surface area contributed by atoms with Gasteiger partial charge in [0.25, 0.3) is 5.91 Å². The summed E-state index contributed by atoms with van der Waals surface area (Å²) >= 11 is 0. The van der Waals surface area contributed by atoms with Gasteiger partial charge >= 0.3 is 5.97 Å². The predicted molar refractivity (Wildman–Crippen MR) is 143 cm³/mol. The first-order valence-corrected chi connectivity index (χ1v) is 14.3. The second-order valence-electron chi connectivity index (χ2n) is 12.1. The predicted octanol–water partition coefficient (Wildman–Crippen LogP) is 5.43. The van der Waals surface area contributed by atoms with Crippen LogP contribution in [-0.4, -0.2) is 46.9 Å². The summed E-state index contributed by atoms with van der Waals surface area (Å²) in [5, 5.41) is 15.5. The third-order valence-corrected chi connectivity index (χ3v) is 9.35. The van der Waals surface area contributed by atoms with Crippen LogP contribution in [0.1, 0.15) is 81.3 Å². The van der Waals surface area contributed by atoms with E-state index >= 15 is 8.78 Å². The lowest BCUT2D eigenvalue weighted by Gasteiger charge is -2.38. The molecule has 1 spiro atoms. The van der Waals surface area contributed by atoms with Gasteiger partial charge in [-0.1, -0.05) is 24.6 Å². The monoisotopic (exact) mass is 538 g/mol. The van der Waals surface area contributed by atoms with Crippen molar-refractivity contribution in [3.05, 3.63) is 53.3 Å². The number of carbonyl (C=O) groups is 2. The quantitative estimate of drug-likeness (QED) is 0.417. The van der Waals surface area contributed by atoms with Crippen LogP contribution in [0, 0.1) is 5.82 Å². The van der Waals surface area contributed by atoms with Gasteiger partial charge in [0.15, 0.2) is 0 Å². The van der Waals surface area contributed by atoms with Crippen LogP contribution in [0.25, 0.3) is 11.1 Å². The molecule has 3 N–H and O–H groups in total. The van der Waals surface area contributed by atoms with Crippen LogP contribution >= 0.6 is 0 Å². The van der Waals surface area contributed by atoms with Crippen molar-refractivity contribution in [1.29, 1.82) is 0 Å². The Morgan fingerprint density at radius 2 is 1.90 bits per heavy atom. The maximum atomic E-state index is 15.5. The average Bonchev–Trinajstić information content (AvgIpc) is 3.45. The minimum absolute atomic E-state index is 0.0640. The van der Waals surface area contributed by atoms with Gasteiger partial charge in [0.1, 0.15) is 17.7 Å². The smallest absolute Gasteiger partial charge is 0.307 e. The molecule has 8 heteroatoms. The van der Waals surface area contributed by atoms with Gasteiger partial charge in [-0.25, -0.2) is 8.78 Å². The van der Waals surface area contributed by atoms with Crippen molar-refractivity contribution >= 4 is 11.9 Å². The van der Waals surface area contributed by atoms with Crippen molar-refractivity contribution in [3.8, 4) is 16.9 Å². The van der Waals surface area contributed by atoms with Gasteiger partial charge in [-0.3, -0.25) is 9.59 Å². The summed E-state index contributed by atoms with van der Waals surface area (Å²) in [4.78, 5) is 24.3. The van der Waals surface area contributed by atoms with Gasteiger partial charge < -0.3 is 20.5 Å². The molecule has 1 heterocycles. The van der Waals surface area contributed by atoms with Crippen molar-refractivity contribution in [3.63, 3.8) is 0 Å². The number of benzene rings is 2. The van der Waals surface area contributed by atoms with E-state index in [4.69, 9.17) is 4.74 Å². The van der Waals surface area contributed by atoms with Crippen molar-refractivity contribution in [2.75, 3.05) is 6.54 Å². The van der Waals surface area contributed by atoms with E-state index in [0.29, 0.717) is 41.7 Å². The third kappa shape index (κ3) is 5.15. The lowest BCUT2D eigenvalue weighted by Crippen LogP contribution is -2.49. The Labute approximate surface area is 227 Å². The van der Waals surface area contributed by atoms with E-state index in [2.05, 4.69) is 10.6 Å². The Morgan fingerprint density at radius 1 is 1.08 bits per heavy atom. The van der Waals surface area contributed by atoms with Crippen molar-refractivity contribution in [2.24, 2.45) is 0 Å². The fourth-order valence-electron chi connectivity index (χ4n) is 6.84. The van der Waals surface area contributed by atoms with Crippen LogP contribution in [0.4, 0.5) is 8.78 Å². The Hall–Kier alpha value is -3.00. The molecule has 4 aliphatic rings. The van der Waals surface area contributed by atoms with Crippen LogP contribution in [0.5, 0.6) is 5.75 Å². The van der Waals surface area contributed by atoms with E-state index in [1.165, 1.54) is 6.07 Å². The first-order chi connectivity index (χ1) is 18.7. The number of alkyl halides is 1. The Kier molecular flexibility index (Phi) is 6.86. The molecule has 1 aliphatic heterocycles. The molecule has 39 heavy (non-hydrogen) atoms. The van der Waals surface area contributed by atoms with E-state index in [0.717, 1.165) is 44.1 Å². The zero-order valence-corrected chi connectivity index (χ0v) is 22.1. The number of hydrogen-bond acceptors (Lipinski definition) is 4. The molecule has 4 fully saturated rings. The molecule has 3 saturated carbocycles. The standard InChI is InChI=1S/C31H36F2N2O4/c32-25-7-2-6-23(28(25)20-4-1-5-20)24-14-19(15-27(36)37)8-11-26(24)39-22-10-9-21(16-22)35-29(38)31(33)17-30(34-18-31)12-3-13-30/h2,6-8,11,14,20-22,34H,1,3-5,9-10,12-13,15-18H2,(H,35,38)(H,36,37)/t21-,22-,31+/m1/s1. The van der Waals surface area contributed by atoms with Crippen LogP contribution in [0.2, 0.25) is 0 Å². The number of carboxylic acids is 1. The second kappa shape index (κ2) is 10.2. The van der Waals surface area contributed by atoms with Crippen LogP contribution in [0.3, 0.4) is 0 Å². The van der Waals surface area contributed by atoms with Gasteiger partial charge in [-0.05, 0) is 85.8 Å². The number of amides is 1. The summed E-state index contributed by atoms with van der Waals surface area (Å²) < 4.78 is 37.0. The van der Waals surface area contributed by atoms with Crippen molar-refractivity contribution in [2.45, 2.75) is 99.9 Å². The Morgan fingerprint density at radius 3 is 2.56 bits per heavy atom. The molecule has 2 aromatic rings. The number of rotatable bonds is 8. The normalized spacial score (nSPS) is 27.6. The molecule has 2 aromatic carbocycles. The molecule has 0 unspecified atom stereocenters. The Bertz CT molecular complexity index is 1280. The molecule has 1 amide bonds. The first kappa shape index (κ1) is 26.2. The van der Waals surface area contributed by atoms with Crippen molar-refractivity contribution < 1.29 is 28.2 Å². The number of hydrogen-bond donors (Lipinski definition) is 3. The summed E-state index contributed by atoms with van der Waals surface area (Å²) in [6.07, 6.45) is 7.67. The zero-order chi connectivity index (χ0) is 27.2. The fourth-order valence-corrected chi connectivity index (χ4v) is 6.84. The summed E-state index contributed by atoms with van der Waals surface area (Å²) in [7, 11) is 0. The van der Waals surface area contributed by atoms with Gasteiger partial charge in [-0.2, -0.15) is 0 Å². The van der Waals surface area contributed by atoms with E-state index < -0.39 is 17.5 Å². The molecular weight excluding hydrogens is 502 g/mol. The highest BCUT2D eigenvalue weighted by molar-refractivity contribution is 5.86. The van der Waals surface area contributed by atoms with Gasteiger partial charge in [-0.15, -0.1) is 0 Å². The molecular formula is C31H36F2N2O4. The lowest BCUT2D eigenvalue weighted by atomic mass is 9.74. The largest absolute Gasteiger partial charge is 0.490 e. The molecule has 0 aromatic heterocycles. The lowest BCUT2D eigenvalue weighted by molar-refractivity contribution is -0.136.